The maximum atomic E-state index is 12.4. The normalized spacial score (nSPS) is 18.1. The van der Waals surface area contributed by atoms with Crippen molar-refractivity contribution in [2.75, 3.05) is 6.61 Å². The lowest BCUT2D eigenvalue weighted by atomic mass is 9.93. The molecule has 1 aliphatic heterocycles. The fourth-order valence-electron chi connectivity index (χ4n) is 4.02. The number of carbonyl (C=O) groups excluding carboxylic acids is 1. The molecule has 1 amide bonds. The van der Waals surface area contributed by atoms with Gasteiger partial charge in [-0.05, 0) is 30.0 Å². The number of ether oxygens (including phenoxy) is 2. The molecule has 0 unspecified atom stereocenters. The Morgan fingerprint density at radius 1 is 0.970 bits per heavy atom. The molecule has 1 saturated heterocycles. The van der Waals surface area contributed by atoms with Crippen molar-refractivity contribution in [1.29, 1.82) is 0 Å². The van der Waals surface area contributed by atoms with Crippen molar-refractivity contribution in [2.45, 2.75) is 39.0 Å². The summed E-state index contributed by atoms with van der Waals surface area (Å²) < 4.78 is 11.7. The van der Waals surface area contributed by atoms with Gasteiger partial charge in [-0.25, -0.2) is 4.79 Å². The molecule has 0 saturated carbocycles. The highest BCUT2D eigenvalue weighted by Crippen LogP contribution is 2.29. The van der Waals surface area contributed by atoms with E-state index < -0.39 is 6.09 Å². The quantitative estimate of drug-likeness (QED) is 0.381. The molecule has 5 nitrogen and oxygen atoms in total. The molecular formula is C28H30N2O3. The van der Waals surface area contributed by atoms with Gasteiger partial charge in [-0.1, -0.05) is 97.9 Å². The van der Waals surface area contributed by atoms with Gasteiger partial charge in [-0.15, -0.1) is 0 Å². The van der Waals surface area contributed by atoms with Crippen LogP contribution in [0.25, 0.3) is 0 Å². The fourth-order valence-corrected chi connectivity index (χ4v) is 4.02. The first-order valence-electron chi connectivity index (χ1n) is 11.4. The second kappa shape index (κ2) is 10.9. The Balaban J connectivity index is 1.52. The Labute approximate surface area is 195 Å². The monoisotopic (exact) mass is 442 g/mol. The molecule has 0 radical (unpaired) electrons. The minimum atomic E-state index is -0.399. The molecule has 3 aromatic rings. The molecule has 1 heterocycles. The minimum absolute atomic E-state index is 0.0399. The smallest absolute Gasteiger partial charge is 0.430 e. The summed E-state index contributed by atoms with van der Waals surface area (Å²) in [6, 6.07) is 30.3. The lowest BCUT2D eigenvalue weighted by molar-refractivity contribution is 0.0206. The second-order valence-electron chi connectivity index (χ2n) is 8.42. The van der Waals surface area contributed by atoms with Gasteiger partial charge in [-0.3, -0.25) is 0 Å². The van der Waals surface area contributed by atoms with Gasteiger partial charge < -0.3 is 9.47 Å². The number of nitrogens with zero attached hydrogens (tertiary/aromatic N) is 2. The Kier molecular flexibility index (Phi) is 7.53. The zero-order chi connectivity index (χ0) is 23.0. The molecule has 4 rings (SSSR count). The molecule has 0 bridgehead atoms. The van der Waals surface area contributed by atoms with Crippen molar-refractivity contribution in [3.8, 4) is 0 Å². The van der Waals surface area contributed by atoms with Crippen LogP contribution in [-0.2, 0) is 22.5 Å². The van der Waals surface area contributed by atoms with Crippen LogP contribution < -0.4 is 0 Å². The molecule has 0 spiro atoms. The van der Waals surface area contributed by atoms with E-state index in [1.807, 2.05) is 61.5 Å². The zero-order valence-electron chi connectivity index (χ0n) is 19.1. The van der Waals surface area contributed by atoms with Gasteiger partial charge in [0.2, 0.25) is 0 Å². The van der Waals surface area contributed by atoms with Crippen molar-refractivity contribution >= 4 is 11.8 Å². The molecule has 33 heavy (non-hydrogen) atoms. The van der Waals surface area contributed by atoms with E-state index in [9.17, 15) is 4.79 Å². The van der Waals surface area contributed by atoms with Crippen LogP contribution in [0.5, 0.6) is 0 Å². The van der Waals surface area contributed by atoms with E-state index in [0.717, 1.165) is 22.4 Å². The third-order valence-electron chi connectivity index (χ3n) is 6.03. The van der Waals surface area contributed by atoms with E-state index in [1.165, 1.54) is 5.01 Å². The summed E-state index contributed by atoms with van der Waals surface area (Å²) >= 11 is 0. The van der Waals surface area contributed by atoms with Crippen LogP contribution in [-0.4, -0.2) is 29.5 Å². The lowest BCUT2D eigenvalue weighted by Gasteiger charge is -2.26. The number of hydrogen-bond acceptors (Lipinski definition) is 4. The zero-order valence-corrected chi connectivity index (χ0v) is 19.1. The van der Waals surface area contributed by atoms with Crippen LogP contribution in [0.2, 0.25) is 0 Å². The Morgan fingerprint density at radius 3 is 2.18 bits per heavy atom. The first kappa shape index (κ1) is 22.7. The average molecular weight is 443 g/mol. The molecule has 1 fully saturated rings. The Bertz CT molecular complexity index is 1050. The highest BCUT2D eigenvalue weighted by Gasteiger charge is 2.34. The van der Waals surface area contributed by atoms with E-state index in [-0.39, 0.29) is 18.1 Å². The molecule has 3 atom stereocenters. The molecule has 5 heteroatoms. The molecule has 0 N–H and O–H groups in total. The number of benzene rings is 3. The predicted molar refractivity (Wildman–Crippen MR) is 130 cm³/mol. The summed E-state index contributed by atoms with van der Waals surface area (Å²) in [6.07, 6.45) is 0.106. The molecule has 0 aromatic heterocycles. The van der Waals surface area contributed by atoms with Crippen LogP contribution in [0.15, 0.2) is 96.1 Å². The number of carbonyl (C=O) groups is 1. The molecule has 170 valence electrons. The summed E-state index contributed by atoms with van der Waals surface area (Å²) in [5.41, 5.74) is 4.18. The number of rotatable bonds is 9. The molecule has 0 aliphatic carbocycles. The van der Waals surface area contributed by atoms with E-state index in [2.05, 4.69) is 43.3 Å². The first-order valence-corrected chi connectivity index (χ1v) is 11.4. The van der Waals surface area contributed by atoms with Crippen LogP contribution in [0, 0.1) is 5.92 Å². The van der Waals surface area contributed by atoms with Crippen LogP contribution >= 0.6 is 0 Å². The van der Waals surface area contributed by atoms with Crippen LogP contribution in [0.1, 0.15) is 36.6 Å². The van der Waals surface area contributed by atoms with Crippen molar-refractivity contribution in [3.05, 3.63) is 108 Å². The maximum absolute atomic E-state index is 12.4. The standard InChI is InChI=1S/C28H30N2O3/c1-21(27(25-16-10-5-11-17-25)32-19-24-14-8-4-9-15-24)22(2)29-30-26(20-33-28(30)31)18-23-12-6-3-7-13-23/h3-17,21,26-27H,18-20H2,1-2H3/b29-22+/t21-,26+,27-/m0/s1. The third kappa shape index (κ3) is 5.88. The van der Waals surface area contributed by atoms with Crippen molar-refractivity contribution in [3.63, 3.8) is 0 Å². The highest BCUT2D eigenvalue weighted by molar-refractivity contribution is 5.86. The van der Waals surface area contributed by atoms with Crippen LogP contribution in [0.3, 0.4) is 0 Å². The van der Waals surface area contributed by atoms with Gasteiger partial charge in [0.25, 0.3) is 0 Å². The first-order chi connectivity index (χ1) is 16.1. The topological polar surface area (TPSA) is 51.1 Å². The van der Waals surface area contributed by atoms with E-state index in [4.69, 9.17) is 14.6 Å². The third-order valence-corrected chi connectivity index (χ3v) is 6.03. The number of amides is 1. The molecule has 3 aromatic carbocycles. The fraction of sp³-hybridized carbons (Fsp3) is 0.286. The summed E-state index contributed by atoms with van der Waals surface area (Å²) in [5, 5.41) is 6.23. The average Bonchev–Trinajstić information content (AvgIpc) is 3.19. The predicted octanol–water partition coefficient (Wildman–Crippen LogP) is 6.02. The van der Waals surface area contributed by atoms with E-state index >= 15 is 0 Å². The number of cyclic esters (lactones) is 1. The van der Waals surface area contributed by atoms with Crippen LogP contribution in [0.4, 0.5) is 4.79 Å². The maximum Gasteiger partial charge on any atom is 0.430 e. The summed E-state index contributed by atoms with van der Waals surface area (Å²) in [4.78, 5) is 12.4. The molecule has 1 aliphatic rings. The summed E-state index contributed by atoms with van der Waals surface area (Å²) in [6.45, 7) is 4.89. The Morgan fingerprint density at radius 2 is 1.55 bits per heavy atom. The summed E-state index contributed by atoms with van der Waals surface area (Å²) in [5.74, 6) is -0.0399. The van der Waals surface area contributed by atoms with E-state index in [1.54, 1.807) is 0 Å². The van der Waals surface area contributed by atoms with Crippen molar-refractivity contribution in [1.82, 2.24) is 5.01 Å². The lowest BCUT2D eigenvalue weighted by Crippen LogP contribution is -2.33. The van der Waals surface area contributed by atoms with Gasteiger partial charge in [-0.2, -0.15) is 10.1 Å². The Hall–Kier alpha value is -3.44. The number of hydrogen-bond donors (Lipinski definition) is 0. The second-order valence-corrected chi connectivity index (χ2v) is 8.42. The molecular weight excluding hydrogens is 412 g/mol. The van der Waals surface area contributed by atoms with Gasteiger partial charge >= 0.3 is 6.09 Å². The largest absolute Gasteiger partial charge is 0.446 e. The van der Waals surface area contributed by atoms with Gasteiger partial charge in [0, 0.05) is 11.6 Å². The highest BCUT2D eigenvalue weighted by atomic mass is 16.6. The van der Waals surface area contributed by atoms with Gasteiger partial charge in [0.15, 0.2) is 0 Å². The van der Waals surface area contributed by atoms with Crippen molar-refractivity contribution < 1.29 is 14.3 Å². The van der Waals surface area contributed by atoms with Gasteiger partial charge in [0.1, 0.15) is 6.61 Å². The SMILES string of the molecule is C/C(=N\N1C(=O)OC[C@H]1Cc1ccccc1)[C@H](C)[C@H](OCc1ccccc1)c1ccccc1. The van der Waals surface area contributed by atoms with E-state index in [0.29, 0.717) is 19.6 Å². The minimum Gasteiger partial charge on any atom is -0.446 e. The summed E-state index contributed by atoms with van der Waals surface area (Å²) in [7, 11) is 0. The number of hydrazone groups is 1. The van der Waals surface area contributed by atoms with Gasteiger partial charge in [0.05, 0.1) is 18.8 Å². The van der Waals surface area contributed by atoms with Crippen molar-refractivity contribution in [2.24, 2.45) is 11.0 Å².